The number of sulfonamides is 1. The van der Waals surface area contributed by atoms with Gasteiger partial charge in [-0.15, -0.1) is 0 Å². The third-order valence-corrected chi connectivity index (χ3v) is 6.42. The van der Waals surface area contributed by atoms with E-state index in [-0.39, 0.29) is 33.5 Å². The highest BCUT2D eigenvalue weighted by molar-refractivity contribution is 7.89. The predicted octanol–water partition coefficient (Wildman–Crippen LogP) is 3.72. The molecule has 1 aliphatic carbocycles. The summed E-state index contributed by atoms with van der Waals surface area (Å²) < 4.78 is 23.4. The second-order valence-electron chi connectivity index (χ2n) is 6.74. The molecule has 3 N–H and O–H groups in total. The van der Waals surface area contributed by atoms with E-state index in [1.807, 2.05) is 6.08 Å². The Morgan fingerprint density at radius 2 is 2.00 bits per heavy atom. The molecule has 0 bridgehead atoms. The second-order valence-corrected chi connectivity index (χ2v) is 8.71. The van der Waals surface area contributed by atoms with E-state index < -0.39 is 14.9 Å². The van der Waals surface area contributed by atoms with Gasteiger partial charge in [-0.05, 0) is 47.7 Å². The molecule has 1 heterocycles. The number of hydrogen-bond acceptors (Lipinski definition) is 5. The normalized spacial score (nSPS) is 23.4. The van der Waals surface area contributed by atoms with E-state index in [0.29, 0.717) is 0 Å². The number of nitrogens with zero attached hydrogens (tertiary/aromatic N) is 1. The maximum absolute atomic E-state index is 11.7. The molecule has 0 saturated carbocycles. The summed E-state index contributed by atoms with van der Waals surface area (Å²) in [7, 11) is -3.79. The molecule has 0 saturated heterocycles. The largest absolute Gasteiger partial charge is 0.378 e. The zero-order valence-electron chi connectivity index (χ0n) is 14.0. The topological polar surface area (TPSA) is 115 Å². The van der Waals surface area contributed by atoms with Gasteiger partial charge in [0.15, 0.2) is 0 Å². The number of nitrogens with one attached hydrogen (secondary N) is 1. The molecular formula is C18H16ClN3O4S. The molecule has 0 radical (unpaired) electrons. The van der Waals surface area contributed by atoms with Crippen molar-refractivity contribution in [1.29, 1.82) is 0 Å². The van der Waals surface area contributed by atoms with Gasteiger partial charge in [-0.2, -0.15) is 0 Å². The Hall–Kier alpha value is -2.42. The fourth-order valence-electron chi connectivity index (χ4n) is 3.94. The Bertz CT molecular complexity index is 1080. The number of nitro groups is 1. The average Bonchev–Trinajstić information content (AvgIpc) is 3.10. The van der Waals surface area contributed by atoms with Gasteiger partial charge in [0.05, 0.1) is 15.9 Å². The van der Waals surface area contributed by atoms with Crippen LogP contribution < -0.4 is 10.5 Å². The molecule has 2 aliphatic rings. The number of benzene rings is 2. The second kappa shape index (κ2) is 6.33. The van der Waals surface area contributed by atoms with Crippen LogP contribution in [0.1, 0.15) is 29.5 Å². The monoisotopic (exact) mass is 405 g/mol. The highest BCUT2D eigenvalue weighted by Crippen LogP contribution is 2.50. The molecule has 3 unspecified atom stereocenters. The molecule has 0 amide bonds. The van der Waals surface area contributed by atoms with Crippen LogP contribution in [-0.4, -0.2) is 13.3 Å². The van der Waals surface area contributed by atoms with Gasteiger partial charge in [-0.25, -0.2) is 13.6 Å². The van der Waals surface area contributed by atoms with E-state index in [1.165, 1.54) is 18.2 Å². The number of nitro benzene ring substituents is 1. The van der Waals surface area contributed by atoms with E-state index in [4.69, 9.17) is 16.7 Å². The highest BCUT2D eigenvalue weighted by atomic mass is 35.5. The van der Waals surface area contributed by atoms with Gasteiger partial charge in [0.2, 0.25) is 10.0 Å². The van der Waals surface area contributed by atoms with Crippen molar-refractivity contribution >= 4 is 33.0 Å². The molecule has 1 aliphatic heterocycles. The number of primary sulfonamides is 1. The van der Waals surface area contributed by atoms with Crippen LogP contribution in [-0.2, 0) is 10.0 Å². The zero-order valence-corrected chi connectivity index (χ0v) is 15.6. The average molecular weight is 406 g/mol. The Morgan fingerprint density at radius 3 is 2.70 bits per heavy atom. The number of allylic oxidation sites excluding steroid dienone is 2. The van der Waals surface area contributed by atoms with Crippen molar-refractivity contribution in [3.8, 4) is 0 Å². The molecule has 2 aromatic rings. The zero-order chi connectivity index (χ0) is 19.3. The first-order valence-corrected chi connectivity index (χ1v) is 10.2. The van der Waals surface area contributed by atoms with Crippen LogP contribution in [0.3, 0.4) is 0 Å². The SMILES string of the molecule is NS(=O)(=O)c1ccc2c(c1)C1C=CCC1C(c1ccc(Cl)c([N+](=O)[O-])c1)N2. The van der Waals surface area contributed by atoms with Crippen LogP contribution in [0, 0.1) is 16.0 Å². The molecule has 7 nitrogen and oxygen atoms in total. The molecule has 2 aromatic carbocycles. The lowest BCUT2D eigenvalue weighted by molar-refractivity contribution is -0.384. The van der Waals surface area contributed by atoms with Gasteiger partial charge in [-0.3, -0.25) is 10.1 Å². The van der Waals surface area contributed by atoms with Crippen molar-refractivity contribution in [2.75, 3.05) is 5.32 Å². The summed E-state index contributed by atoms with van der Waals surface area (Å²) in [5, 5.41) is 20.0. The summed E-state index contributed by atoms with van der Waals surface area (Å²) in [4.78, 5) is 10.8. The number of hydrogen-bond donors (Lipinski definition) is 2. The van der Waals surface area contributed by atoms with E-state index >= 15 is 0 Å². The molecular weight excluding hydrogens is 390 g/mol. The lowest BCUT2D eigenvalue weighted by Gasteiger charge is -2.37. The minimum absolute atomic E-state index is 0.00249. The fraction of sp³-hybridized carbons (Fsp3) is 0.222. The minimum atomic E-state index is -3.79. The maximum Gasteiger partial charge on any atom is 0.288 e. The van der Waals surface area contributed by atoms with Crippen molar-refractivity contribution < 1.29 is 13.3 Å². The number of anilines is 1. The quantitative estimate of drug-likeness (QED) is 0.458. The summed E-state index contributed by atoms with van der Waals surface area (Å²) in [5.74, 6) is 0.108. The third-order valence-electron chi connectivity index (χ3n) is 5.19. The van der Waals surface area contributed by atoms with Crippen molar-refractivity contribution in [1.82, 2.24) is 0 Å². The molecule has 9 heteroatoms. The van der Waals surface area contributed by atoms with Crippen molar-refractivity contribution in [3.05, 3.63) is 74.8 Å². The Balaban J connectivity index is 1.79. The molecule has 140 valence electrons. The van der Waals surface area contributed by atoms with E-state index in [1.54, 1.807) is 18.2 Å². The van der Waals surface area contributed by atoms with Crippen LogP contribution in [0.25, 0.3) is 0 Å². The summed E-state index contributed by atoms with van der Waals surface area (Å²) in [6.07, 6.45) is 4.87. The fourth-order valence-corrected chi connectivity index (χ4v) is 4.68. The lowest BCUT2D eigenvalue weighted by Crippen LogP contribution is -2.29. The summed E-state index contributed by atoms with van der Waals surface area (Å²) in [5.41, 5.74) is 2.29. The van der Waals surface area contributed by atoms with Crippen molar-refractivity contribution in [2.24, 2.45) is 11.1 Å². The van der Waals surface area contributed by atoms with Gasteiger partial charge in [0.1, 0.15) is 5.02 Å². The molecule has 4 rings (SSSR count). The molecule has 27 heavy (non-hydrogen) atoms. The number of nitrogens with two attached hydrogens (primary N) is 1. The van der Waals surface area contributed by atoms with Gasteiger partial charge < -0.3 is 5.32 Å². The Labute approximate surface area is 161 Å². The van der Waals surface area contributed by atoms with Crippen LogP contribution in [0.2, 0.25) is 5.02 Å². The predicted molar refractivity (Wildman–Crippen MR) is 102 cm³/mol. The van der Waals surface area contributed by atoms with Gasteiger partial charge >= 0.3 is 0 Å². The number of rotatable bonds is 3. The molecule has 0 fully saturated rings. The first kappa shape index (κ1) is 18.0. The van der Waals surface area contributed by atoms with Crippen LogP contribution >= 0.6 is 11.6 Å². The van der Waals surface area contributed by atoms with Gasteiger partial charge in [-0.1, -0.05) is 29.8 Å². The molecule has 0 aromatic heterocycles. The summed E-state index contributed by atoms with van der Waals surface area (Å²) in [6.45, 7) is 0. The van der Waals surface area contributed by atoms with E-state index in [0.717, 1.165) is 23.2 Å². The highest BCUT2D eigenvalue weighted by Gasteiger charge is 2.38. The van der Waals surface area contributed by atoms with Gasteiger partial charge in [0, 0.05) is 17.7 Å². The van der Waals surface area contributed by atoms with Gasteiger partial charge in [0.25, 0.3) is 5.69 Å². The van der Waals surface area contributed by atoms with E-state index in [9.17, 15) is 18.5 Å². The smallest absolute Gasteiger partial charge is 0.288 e. The van der Waals surface area contributed by atoms with Crippen LogP contribution in [0.4, 0.5) is 11.4 Å². The standard InChI is InChI=1S/C18H16ClN3O4S/c19-15-6-4-10(8-17(15)22(23)24)18-13-3-1-2-12(13)14-9-11(27(20,25)26)5-7-16(14)21-18/h1-2,4-9,12-13,18,21H,3H2,(H2,20,25,26). The third kappa shape index (κ3) is 3.09. The van der Waals surface area contributed by atoms with Crippen molar-refractivity contribution in [3.63, 3.8) is 0 Å². The molecule has 0 spiro atoms. The van der Waals surface area contributed by atoms with E-state index in [2.05, 4.69) is 11.4 Å². The Kier molecular flexibility index (Phi) is 4.21. The number of halogens is 1. The lowest BCUT2D eigenvalue weighted by atomic mass is 9.77. The van der Waals surface area contributed by atoms with Crippen LogP contribution in [0.5, 0.6) is 0 Å². The summed E-state index contributed by atoms with van der Waals surface area (Å²) >= 11 is 5.94. The first-order chi connectivity index (χ1) is 12.8. The summed E-state index contributed by atoms with van der Waals surface area (Å²) in [6, 6.07) is 9.41. The maximum atomic E-state index is 11.7. The van der Waals surface area contributed by atoms with Crippen LogP contribution in [0.15, 0.2) is 53.4 Å². The minimum Gasteiger partial charge on any atom is -0.378 e. The first-order valence-electron chi connectivity index (χ1n) is 8.29. The molecule has 3 atom stereocenters. The Morgan fingerprint density at radius 1 is 1.22 bits per heavy atom. The number of fused-ring (bicyclic) bond motifs is 3. The van der Waals surface area contributed by atoms with Crippen molar-refractivity contribution in [2.45, 2.75) is 23.3 Å².